The molecule has 1 aliphatic carbocycles. The van der Waals surface area contributed by atoms with Gasteiger partial charge in [-0.15, -0.1) is 11.3 Å². The molecule has 1 aromatic heterocycles. The van der Waals surface area contributed by atoms with Crippen molar-refractivity contribution in [2.75, 3.05) is 13.1 Å². The maximum Gasteiger partial charge on any atom is 0.123 e. The highest BCUT2D eigenvalue weighted by Gasteiger charge is 2.21. The maximum absolute atomic E-state index is 5.00. The fraction of sp³-hybridized carbons (Fsp3) is 0.538. The number of nitrogens with zero attached hydrogens (tertiary/aromatic N) is 3. The lowest BCUT2D eigenvalue weighted by molar-refractivity contribution is 0.279. The van der Waals surface area contributed by atoms with Crippen molar-refractivity contribution in [3.8, 4) is 0 Å². The Hall–Kier alpha value is -1.78. The van der Waals surface area contributed by atoms with E-state index in [4.69, 9.17) is 9.98 Å². The summed E-state index contributed by atoms with van der Waals surface area (Å²) in [5, 5.41) is 0. The van der Waals surface area contributed by atoms with Crippen molar-refractivity contribution in [2.24, 2.45) is 9.98 Å². The lowest BCUT2D eigenvalue weighted by Crippen LogP contribution is -2.23. The average molecular weight is 422 g/mol. The average Bonchev–Trinajstić information content (AvgIpc) is 3.50. The van der Waals surface area contributed by atoms with Crippen LogP contribution in [0, 0.1) is 0 Å². The Labute approximate surface area is 186 Å². The van der Waals surface area contributed by atoms with E-state index in [1.165, 1.54) is 66.9 Å². The largest absolute Gasteiger partial charge is 0.298 e. The second-order valence-corrected chi connectivity index (χ2v) is 9.94. The van der Waals surface area contributed by atoms with E-state index >= 15 is 0 Å². The van der Waals surface area contributed by atoms with Crippen LogP contribution < -0.4 is 0 Å². The van der Waals surface area contributed by atoms with Crippen LogP contribution in [0.25, 0.3) is 0 Å². The van der Waals surface area contributed by atoms with Crippen molar-refractivity contribution >= 4 is 22.9 Å². The van der Waals surface area contributed by atoms with Crippen LogP contribution in [0.2, 0.25) is 0 Å². The number of benzene rings is 1. The Bertz CT molecular complexity index is 840. The first-order valence-corrected chi connectivity index (χ1v) is 12.6. The molecule has 1 aliphatic heterocycles. The lowest BCUT2D eigenvalue weighted by atomic mass is 10.1. The summed E-state index contributed by atoms with van der Waals surface area (Å²) in [7, 11) is 0. The van der Waals surface area contributed by atoms with Crippen molar-refractivity contribution in [1.29, 1.82) is 0 Å². The van der Waals surface area contributed by atoms with Gasteiger partial charge < -0.3 is 0 Å². The van der Waals surface area contributed by atoms with Crippen LogP contribution in [-0.4, -0.2) is 35.6 Å². The zero-order valence-electron chi connectivity index (χ0n) is 18.4. The Morgan fingerprint density at radius 2 is 1.77 bits per heavy atom. The minimum atomic E-state index is 0.523. The first kappa shape index (κ1) is 21.5. The van der Waals surface area contributed by atoms with Crippen molar-refractivity contribution in [2.45, 2.75) is 77.3 Å². The minimum absolute atomic E-state index is 0.523. The van der Waals surface area contributed by atoms with E-state index in [1.807, 2.05) is 11.3 Å². The molecule has 2 aliphatic rings. The molecule has 0 N–H and O–H groups in total. The third-order valence-electron chi connectivity index (χ3n) is 5.98. The molecule has 0 radical (unpaired) electrons. The highest BCUT2D eigenvalue weighted by atomic mass is 32.1. The number of amidine groups is 1. The SMILES string of the molecule is CC(=NC(CCCc1ccccc1)=NC1CC1)c1ccc(CN2CCCCCC2)s1. The second kappa shape index (κ2) is 11.0. The second-order valence-electron chi connectivity index (χ2n) is 8.77. The van der Waals surface area contributed by atoms with Crippen LogP contribution in [0.15, 0.2) is 52.4 Å². The fourth-order valence-corrected chi connectivity index (χ4v) is 5.07. The van der Waals surface area contributed by atoms with E-state index in [-0.39, 0.29) is 0 Å². The van der Waals surface area contributed by atoms with Crippen molar-refractivity contribution < 1.29 is 0 Å². The number of thiophene rings is 1. The quantitative estimate of drug-likeness (QED) is 0.352. The molecule has 3 nitrogen and oxygen atoms in total. The highest BCUT2D eigenvalue weighted by Crippen LogP contribution is 2.25. The summed E-state index contributed by atoms with van der Waals surface area (Å²) in [6.07, 6.45) is 11.1. The van der Waals surface area contributed by atoms with E-state index in [0.717, 1.165) is 37.4 Å². The molecule has 2 aromatic rings. The summed E-state index contributed by atoms with van der Waals surface area (Å²) in [5.74, 6) is 1.05. The zero-order valence-corrected chi connectivity index (χ0v) is 19.2. The standard InChI is InChI=1S/C26H35N3S/c1-21(25-17-16-24(30-25)20-29-18-7-2-3-8-19-29)27-26(28-23-14-15-23)13-9-12-22-10-5-4-6-11-22/h4-6,10-11,16-17,23H,2-3,7-9,12-15,18-20H2,1H3. The number of aliphatic imine (C=N–C) groups is 2. The molecule has 1 saturated heterocycles. The molecule has 1 saturated carbocycles. The van der Waals surface area contributed by atoms with Gasteiger partial charge in [0, 0.05) is 22.7 Å². The highest BCUT2D eigenvalue weighted by molar-refractivity contribution is 7.14. The van der Waals surface area contributed by atoms with Crippen LogP contribution in [0.3, 0.4) is 0 Å². The Balaban J connectivity index is 1.36. The van der Waals surface area contributed by atoms with Gasteiger partial charge in [0.2, 0.25) is 0 Å². The van der Waals surface area contributed by atoms with Gasteiger partial charge in [0.15, 0.2) is 0 Å². The molecule has 0 amide bonds. The van der Waals surface area contributed by atoms with Crippen LogP contribution in [0.4, 0.5) is 0 Å². The Kier molecular flexibility index (Phi) is 7.88. The van der Waals surface area contributed by atoms with Crippen molar-refractivity contribution in [3.05, 3.63) is 57.8 Å². The third-order valence-corrected chi connectivity index (χ3v) is 7.16. The molecule has 30 heavy (non-hydrogen) atoms. The van der Waals surface area contributed by atoms with E-state index in [0.29, 0.717) is 6.04 Å². The molecule has 4 rings (SSSR count). The molecule has 0 spiro atoms. The molecule has 0 atom stereocenters. The van der Waals surface area contributed by atoms with E-state index in [2.05, 4.69) is 54.3 Å². The first-order valence-electron chi connectivity index (χ1n) is 11.7. The molecule has 4 heteroatoms. The smallest absolute Gasteiger partial charge is 0.123 e. The third kappa shape index (κ3) is 6.88. The summed E-state index contributed by atoms with van der Waals surface area (Å²) in [6.45, 7) is 5.75. The predicted octanol–water partition coefficient (Wildman–Crippen LogP) is 6.52. The lowest BCUT2D eigenvalue weighted by Gasteiger charge is -2.18. The summed E-state index contributed by atoms with van der Waals surface area (Å²) in [5.41, 5.74) is 2.53. The van der Waals surface area contributed by atoms with Gasteiger partial charge in [0.1, 0.15) is 5.84 Å². The number of hydrogen-bond acceptors (Lipinski definition) is 3. The van der Waals surface area contributed by atoms with E-state index in [9.17, 15) is 0 Å². The Morgan fingerprint density at radius 1 is 1.00 bits per heavy atom. The summed E-state index contributed by atoms with van der Waals surface area (Å²) < 4.78 is 0. The van der Waals surface area contributed by atoms with Crippen LogP contribution in [0.1, 0.15) is 73.6 Å². The molecular weight excluding hydrogens is 386 g/mol. The molecule has 1 aromatic carbocycles. The van der Waals surface area contributed by atoms with Gasteiger partial charge in [0.25, 0.3) is 0 Å². The van der Waals surface area contributed by atoms with Gasteiger partial charge in [-0.05, 0) is 76.2 Å². The summed E-state index contributed by atoms with van der Waals surface area (Å²) >= 11 is 1.91. The normalized spacial score (nSPS) is 19.1. The van der Waals surface area contributed by atoms with Gasteiger partial charge in [-0.2, -0.15) is 0 Å². The fourth-order valence-electron chi connectivity index (χ4n) is 4.08. The maximum atomic E-state index is 5.00. The molecule has 2 fully saturated rings. The first-order chi connectivity index (χ1) is 14.8. The van der Waals surface area contributed by atoms with Crippen LogP contribution in [0.5, 0.6) is 0 Å². The summed E-state index contributed by atoms with van der Waals surface area (Å²) in [4.78, 5) is 15.3. The Morgan fingerprint density at radius 3 is 2.50 bits per heavy atom. The van der Waals surface area contributed by atoms with Gasteiger partial charge in [-0.1, -0.05) is 43.2 Å². The van der Waals surface area contributed by atoms with Crippen LogP contribution in [-0.2, 0) is 13.0 Å². The molecule has 0 unspecified atom stereocenters. The number of rotatable bonds is 8. The summed E-state index contributed by atoms with van der Waals surface area (Å²) in [6, 6.07) is 15.8. The van der Waals surface area contributed by atoms with Gasteiger partial charge >= 0.3 is 0 Å². The number of likely N-dealkylation sites (tertiary alicyclic amines) is 1. The monoisotopic (exact) mass is 421 g/mol. The molecule has 160 valence electrons. The number of hydrogen-bond donors (Lipinski definition) is 0. The van der Waals surface area contributed by atoms with Gasteiger partial charge in [-0.3, -0.25) is 9.89 Å². The molecular formula is C26H35N3S. The minimum Gasteiger partial charge on any atom is -0.298 e. The van der Waals surface area contributed by atoms with Crippen LogP contribution >= 0.6 is 11.3 Å². The van der Waals surface area contributed by atoms with Crippen molar-refractivity contribution in [3.63, 3.8) is 0 Å². The zero-order chi connectivity index (χ0) is 20.6. The van der Waals surface area contributed by atoms with Gasteiger partial charge in [0.05, 0.1) is 11.8 Å². The molecule has 0 bridgehead atoms. The van der Waals surface area contributed by atoms with E-state index < -0.39 is 0 Å². The van der Waals surface area contributed by atoms with Crippen molar-refractivity contribution in [1.82, 2.24) is 4.90 Å². The van der Waals surface area contributed by atoms with E-state index in [1.54, 1.807) is 0 Å². The predicted molar refractivity (Wildman–Crippen MR) is 130 cm³/mol. The van der Waals surface area contributed by atoms with Gasteiger partial charge in [-0.25, -0.2) is 4.99 Å². The number of aryl methyl sites for hydroxylation is 1. The topological polar surface area (TPSA) is 28.0 Å². The molecule has 2 heterocycles.